The predicted octanol–water partition coefficient (Wildman–Crippen LogP) is 1.14. The molecule has 1 unspecified atom stereocenters. The fourth-order valence-electron chi connectivity index (χ4n) is 0.872. The highest BCUT2D eigenvalue weighted by molar-refractivity contribution is 7.92. The van der Waals surface area contributed by atoms with Gasteiger partial charge in [0.05, 0.1) is 5.75 Å². The van der Waals surface area contributed by atoms with Crippen molar-refractivity contribution >= 4 is 27.1 Å². The first-order valence-corrected chi connectivity index (χ1v) is 6.50. The zero-order valence-corrected chi connectivity index (χ0v) is 9.14. The molecule has 0 amide bonds. The Bertz CT molecular complexity index is 405. The summed E-state index contributed by atoms with van der Waals surface area (Å²) in [6.45, 7) is 1.19. The van der Waals surface area contributed by atoms with Crippen LogP contribution in [0.3, 0.4) is 0 Å². The number of hydrogen-bond donors (Lipinski definition) is 1. The number of sulfone groups is 1. The number of thiophene rings is 1. The van der Waals surface area contributed by atoms with Crippen LogP contribution in [0.4, 0.5) is 0 Å². The molecule has 1 aromatic heterocycles. The van der Waals surface area contributed by atoms with Crippen molar-refractivity contribution in [2.45, 2.75) is 17.9 Å². The van der Waals surface area contributed by atoms with Gasteiger partial charge in [-0.05, 0) is 18.4 Å². The molecule has 0 saturated carbocycles. The van der Waals surface area contributed by atoms with E-state index in [4.69, 9.17) is 5.11 Å². The van der Waals surface area contributed by atoms with E-state index in [0.717, 1.165) is 0 Å². The number of carboxylic acids is 1. The molecular weight excluding hydrogens is 224 g/mol. The maximum Gasteiger partial charge on any atom is 0.321 e. The molecule has 0 aliphatic rings. The number of carbonyl (C=O) groups is 1. The summed E-state index contributed by atoms with van der Waals surface area (Å²) in [6, 6.07) is 3.41. The molecule has 6 heteroatoms. The van der Waals surface area contributed by atoms with Crippen molar-refractivity contribution in [3.8, 4) is 0 Å². The van der Waals surface area contributed by atoms with Crippen molar-refractivity contribution < 1.29 is 18.3 Å². The molecule has 1 N–H and O–H groups in total. The van der Waals surface area contributed by atoms with Crippen LogP contribution in [-0.2, 0) is 20.4 Å². The average Bonchev–Trinajstić information content (AvgIpc) is 2.54. The topological polar surface area (TPSA) is 71.4 Å². The third-order valence-electron chi connectivity index (χ3n) is 1.81. The standard InChI is InChI=1S/C8H10O4S2/c1-6(8(9)10)14(11,12)5-7-3-2-4-13-7/h2-4,6H,5H2,1H3,(H,9,10). The molecule has 0 aromatic carbocycles. The minimum Gasteiger partial charge on any atom is -0.480 e. The lowest BCUT2D eigenvalue weighted by atomic mass is 10.5. The van der Waals surface area contributed by atoms with Gasteiger partial charge in [-0.1, -0.05) is 6.07 Å². The molecule has 1 heterocycles. The van der Waals surface area contributed by atoms with Gasteiger partial charge in [0.1, 0.15) is 0 Å². The van der Waals surface area contributed by atoms with Crippen molar-refractivity contribution in [2.24, 2.45) is 0 Å². The van der Waals surface area contributed by atoms with Crippen molar-refractivity contribution in [2.75, 3.05) is 0 Å². The largest absolute Gasteiger partial charge is 0.480 e. The van der Waals surface area contributed by atoms with E-state index in [1.807, 2.05) is 0 Å². The van der Waals surface area contributed by atoms with Crippen LogP contribution < -0.4 is 0 Å². The summed E-state index contributed by atoms with van der Waals surface area (Å²) >= 11 is 1.31. The van der Waals surface area contributed by atoms with Crippen molar-refractivity contribution in [3.63, 3.8) is 0 Å². The van der Waals surface area contributed by atoms with E-state index in [0.29, 0.717) is 4.88 Å². The van der Waals surface area contributed by atoms with E-state index in [1.54, 1.807) is 17.5 Å². The highest BCUT2D eigenvalue weighted by Gasteiger charge is 2.27. The summed E-state index contributed by atoms with van der Waals surface area (Å²) in [6.07, 6.45) is 0. The molecule has 1 rings (SSSR count). The summed E-state index contributed by atoms with van der Waals surface area (Å²) in [7, 11) is -3.57. The van der Waals surface area contributed by atoms with Crippen LogP contribution in [0.2, 0.25) is 0 Å². The van der Waals surface area contributed by atoms with Crippen LogP contribution >= 0.6 is 11.3 Å². The van der Waals surface area contributed by atoms with E-state index in [2.05, 4.69) is 0 Å². The zero-order valence-electron chi connectivity index (χ0n) is 7.50. The predicted molar refractivity (Wildman–Crippen MR) is 54.0 cm³/mol. The lowest BCUT2D eigenvalue weighted by Crippen LogP contribution is -2.27. The van der Waals surface area contributed by atoms with Gasteiger partial charge in [0.15, 0.2) is 15.1 Å². The Morgan fingerprint density at radius 1 is 1.64 bits per heavy atom. The molecule has 0 bridgehead atoms. The Hall–Kier alpha value is -0.880. The van der Waals surface area contributed by atoms with Gasteiger partial charge in [0.25, 0.3) is 0 Å². The average molecular weight is 234 g/mol. The van der Waals surface area contributed by atoms with Gasteiger partial charge in [0.2, 0.25) is 0 Å². The third kappa shape index (κ3) is 2.55. The first-order valence-electron chi connectivity index (χ1n) is 3.90. The number of rotatable bonds is 4. The molecule has 0 aliphatic heterocycles. The summed E-state index contributed by atoms with van der Waals surface area (Å²) in [4.78, 5) is 11.2. The van der Waals surface area contributed by atoms with Gasteiger partial charge in [-0.3, -0.25) is 4.79 Å². The van der Waals surface area contributed by atoms with E-state index in [-0.39, 0.29) is 5.75 Å². The van der Waals surface area contributed by atoms with E-state index < -0.39 is 21.1 Å². The molecule has 0 saturated heterocycles. The van der Waals surface area contributed by atoms with Gasteiger partial charge < -0.3 is 5.11 Å². The Balaban J connectivity index is 2.83. The van der Waals surface area contributed by atoms with Crippen molar-refractivity contribution in [3.05, 3.63) is 22.4 Å². The van der Waals surface area contributed by atoms with Crippen LogP contribution in [0.25, 0.3) is 0 Å². The SMILES string of the molecule is CC(C(=O)O)S(=O)(=O)Cc1cccs1. The number of aliphatic carboxylic acids is 1. The van der Waals surface area contributed by atoms with Crippen molar-refractivity contribution in [1.29, 1.82) is 0 Å². The maximum atomic E-state index is 11.5. The Morgan fingerprint density at radius 3 is 2.71 bits per heavy atom. The van der Waals surface area contributed by atoms with Gasteiger partial charge in [-0.2, -0.15) is 0 Å². The van der Waals surface area contributed by atoms with Crippen LogP contribution in [0, 0.1) is 0 Å². The molecule has 0 aliphatic carbocycles. The zero-order chi connectivity index (χ0) is 10.8. The second kappa shape index (κ2) is 4.10. The van der Waals surface area contributed by atoms with E-state index in [1.165, 1.54) is 18.3 Å². The van der Waals surface area contributed by atoms with Crippen LogP contribution in [0.1, 0.15) is 11.8 Å². The molecule has 0 radical (unpaired) electrons. The molecule has 0 fully saturated rings. The fourth-order valence-corrected chi connectivity index (χ4v) is 3.18. The second-order valence-corrected chi connectivity index (χ2v) is 6.22. The number of hydrogen-bond acceptors (Lipinski definition) is 4. The Kier molecular flexibility index (Phi) is 3.28. The molecule has 78 valence electrons. The fraction of sp³-hybridized carbons (Fsp3) is 0.375. The van der Waals surface area contributed by atoms with E-state index >= 15 is 0 Å². The van der Waals surface area contributed by atoms with Crippen LogP contribution in [0.5, 0.6) is 0 Å². The first kappa shape index (κ1) is 11.2. The minimum absolute atomic E-state index is 0.196. The van der Waals surface area contributed by atoms with E-state index in [9.17, 15) is 13.2 Å². The maximum absolute atomic E-state index is 11.5. The highest BCUT2D eigenvalue weighted by atomic mass is 32.2. The lowest BCUT2D eigenvalue weighted by Gasteiger charge is -2.06. The summed E-state index contributed by atoms with van der Waals surface area (Å²) < 4.78 is 22.9. The van der Waals surface area contributed by atoms with Crippen molar-refractivity contribution in [1.82, 2.24) is 0 Å². The molecule has 0 spiro atoms. The molecular formula is C8H10O4S2. The van der Waals surface area contributed by atoms with Gasteiger partial charge in [0, 0.05) is 4.88 Å². The van der Waals surface area contributed by atoms with Crippen LogP contribution in [0.15, 0.2) is 17.5 Å². The normalized spacial score (nSPS) is 13.8. The van der Waals surface area contributed by atoms with Gasteiger partial charge in [-0.25, -0.2) is 8.42 Å². The minimum atomic E-state index is -3.57. The summed E-state index contributed by atoms with van der Waals surface area (Å²) in [5.74, 6) is -1.50. The van der Waals surface area contributed by atoms with Gasteiger partial charge >= 0.3 is 5.97 Å². The summed E-state index contributed by atoms with van der Waals surface area (Å²) in [5, 5.41) is 8.99. The lowest BCUT2D eigenvalue weighted by molar-refractivity contribution is -0.136. The monoisotopic (exact) mass is 234 g/mol. The smallest absolute Gasteiger partial charge is 0.321 e. The highest BCUT2D eigenvalue weighted by Crippen LogP contribution is 2.15. The molecule has 1 aromatic rings. The molecule has 4 nitrogen and oxygen atoms in total. The van der Waals surface area contributed by atoms with Gasteiger partial charge in [-0.15, -0.1) is 11.3 Å². The second-order valence-electron chi connectivity index (χ2n) is 2.87. The quantitative estimate of drug-likeness (QED) is 0.848. The first-order chi connectivity index (χ1) is 6.43. The Labute approximate surface area is 86.1 Å². The summed E-state index contributed by atoms with van der Waals surface area (Å²) in [5.41, 5.74) is 0. The third-order valence-corrected chi connectivity index (χ3v) is 4.86. The Morgan fingerprint density at radius 2 is 2.29 bits per heavy atom. The molecule has 1 atom stereocenters. The molecule has 14 heavy (non-hydrogen) atoms. The number of carboxylic acid groups (broad SMARTS) is 1. The van der Waals surface area contributed by atoms with Crippen LogP contribution in [-0.4, -0.2) is 24.7 Å².